The summed E-state index contributed by atoms with van der Waals surface area (Å²) >= 11 is 5.23. The predicted octanol–water partition coefficient (Wildman–Crippen LogP) is 4.54. The van der Waals surface area contributed by atoms with E-state index in [-0.39, 0.29) is 6.04 Å². The number of aryl methyl sites for hydroxylation is 1. The zero-order chi connectivity index (χ0) is 15.4. The first-order chi connectivity index (χ1) is 10.1. The van der Waals surface area contributed by atoms with Gasteiger partial charge in [0.05, 0.1) is 24.7 Å². The van der Waals surface area contributed by atoms with Gasteiger partial charge in [0.15, 0.2) is 0 Å². The van der Waals surface area contributed by atoms with Gasteiger partial charge in [-0.3, -0.25) is 0 Å². The average Bonchev–Trinajstić information content (AvgIpc) is 2.90. The van der Waals surface area contributed by atoms with Crippen molar-refractivity contribution in [1.29, 1.82) is 0 Å². The van der Waals surface area contributed by atoms with Crippen LogP contribution in [-0.2, 0) is 0 Å². The molecule has 1 heterocycles. The van der Waals surface area contributed by atoms with Crippen molar-refractivity contribution >= 4 is 27.3 Å². The van der Waals surface area contributed by atoms with E-state index in [2.05, 4.69) is 45.9 Å². The Morgan fingerprint density at radius 2 is 1.86 bits per heavy atom. The second-order valence-corrected chi connectivity index (χ2v) is 6.33. The molecule has 21 heavy (non-hydrogen) atoms. The summed E-state index contributed by atoms with van der Waals surface area (Å²) in [5, 5.41) is 7.90. The summed E-state index contributed by atoms with van der Waals surface area (Å²) in [7, 11) is 3.37. The molecule has 1 atom stereocenters. The number of nitrogens with one attached hydrogen (secondary N) is 1. The third-order valence-electron chi connectivity index (χ3n) is 3.43. The summed E-state index contributed by atoms with van der Waals surface area (Å²) in [5.74, 6) is 1.65. The molecular weight excluding hydrogens is 350 g/mol. The van der Waals surface area contributed by atoms with Crippen molar-refractivity contribution < 1.29 is 9.47 Å². The summed E-state index contributed by atoms with van der Waals surface area (Å²) in [6, 6.07) is 4.09. The van der Waals surface area contributed by atoms with Crippen LogP contribution >= 0.6 is 27.3 Å². The van der Waals surface area contributed by atoms with Gasteiger partial charge in [-0.1, -0.05) is 6.92 Å². The Kier molecular flexibility index (Phi) is 5.67. The van der Waals surface area contributed by atoms with Gasteiger partial charge in [0.1, 0.15) is 11.5 Å². The minimum absolute atomic E-state index is 0.0956. The molecule has 0 aliphatic heterocycles. The molecule has 5 heteroatoms. The molecule has 1 unspecified atom stereocenters. The first-order valence-corrected chi connectivity index (χ1v) is 8.53. The highest BCUT2D eigenvalue weighted by Crippen LogP contribution is 2.39. The minimum atomic E-state index is 0.0956. The van der Waals surface area contributed by atoms with Gasteiger partial charge in [0.2, 0.25) is 0 Å². The lowest BCUT2D eigenvalue weighted by Crippen LogP contribution is -2.22. The van der Waals surface area contributed by atoms with E-state index in [0.29, 0.717) is 0 Å². The van der Waals surface area contributed by atoms with Gasteiger partial charge in [-0.2, -0.15) is 11.3 Å². The fraction of sp³-hybridized carbons (Fsp3) is 0.375. The highest BCUT2D eigenvalue weighted by molar-refractivity contribution is 9.10. The lowest BCUT2D eigenvalue weighted by molar-refractivity contribution is 0.392. The van der Waals surface area contributed by atoms with Gasteiger partial charge >= 0.3 is 0 Å². The summed E-state index contributed by atoms with van der Waals surface area (Å²) in [6.07, 6.45) is 0. The Bertz CT molecular complexity index is 612. The molecule has 0 spiro atoms. The number of hydrogen-bond acceptors (Lipinski definition) is 4. The second-order valence-electron chi connectivity index (χ2n) is 4.73. The molecule has 0 saturated carbocycles. The van der Waals surface area contributed by atoms with Gasteiger partial charge in [0, 0.05) is 5.56 Å². The monoisotopic (exact) mass is 369 g/mol. The summed E-state index contributed by atoms with van der Waals surface area (Å²) in [4.78, 5) is 0. The van der Waals surface area contributed by atoms with Crippen molar-refractivity contribution in [2.24, 2.45) is 0 Å². The highest BCUT2D eigenvalue weighted by atomic mass is 79.9. The lowest BCUT2D eigenvalue weighted by Gasteiger charge is -2.22. The fourth-order valence-corrected chi connectivity index (χ4v) is 3.73. The minimum Gasteiger partial charge on any atom is -0.496 e. The molecule has 0 radical (unpaired) electrons. The SMILES string of the molecule is CCNC(c1cscc1C)c1cc(OC)c(Br)cc1OC. The number of ether oxygens (including phenoxy) is 2. The number of hydrogen-bond donors (Lipinski definition) is 1. The molecule has 114 valence electrons. The Labute approximate surface area is 138 Å². The topological polar surface area (TPSA) is 30.5 Å². The predicted molar refractivity (Wildman–Crippen MR) is 91.8 cm³/mol. The smallest absolute Gasteiger partial charge is 0.133 e. The molecule has 2 aromatic rings. The number of halogens is 1. The first-order valence-electron chi connectivity index (χ1n) is 6.79. The van der Waals surface area contributed by atoms with E-state index < -0.39 is 0 Å². The van der Waals surface area contributed by atoms with Crippen LogP contribution in [-0.4, -0.2) is 20.8 Å². The van der Waals surface area contributed by atoms with Gasteiger partial charge in [0.25, 0.3) is 0 Å². The number of methoxy groups -OCH3 is 2. The normalized spacial score (nSPS) is 12.2. The van der Waals surface area contributed by atoms with Crippen molar-refractivity contribution in [3.8, 4) is 11.5 Å². The summed E-state index contributed by atoms with van der Waals surface area (Å²) < 4.78 is 11.9. The van der Waals surface area contributed by atoms with Crippen molar-refractivity contribution in [2.45, 2.75) is 19.9 Å². The van der Waals surface area contributed by atoms with E-state index in [9.17, 15) is 0 Å². The number of thiophene rings is 1. The third kappa shape index (κ3) is 3.42. The van der Waals surface area contributed by atoms with Crippen LogP contribution in [0.15, 0.2) is 27.4 Å². The first kappa shape index (κ1) is 16.3. The van der Waals surface area contributed by atoms with E-state index in [1.807, 2.05) is 12.1 Å². The van der Waals surface area contributed by atoms with Gasteiger partial charge < -0.3 is 14.8 Å². The van der Waals surface area contributed by atoms with Crippen molar-refractivity contribution in [1.82, 2.24) is 5.32 Å². The Balaban J connectivity index is 2.56. The quantitative estimate of drug-likeness (QED) is 0.810. The van der Waals surface area contributed by atoms with E-state index >= 15 is 0 Å². The molecule has 0 fully saturated rings. The second kappa shape index (κ2) is 7.29. The van der Waals surface area contributed by atoms with Crippen LogP contribution in [0.1, 0.15) is 29.7 Å². The zero-order valence-corrected chi connectivity index (χ0v) is 15.1. The zero-order valence-electron chi connectivity index (χ0n) is 12.7. The fourth-order valence-electron chi connectivity index (χ4n) is 2.37. The maximum atomic E-state index is 5.57. The standard InChI is InChI=1S/C16H20BrNO2S/c1-5-18-16(12-9-21-8-10(12)2)11-6-15(20-4)13(17)7-14(11)19-3/h6-9,16,18H,5H2,1-4H3. The van der Waals surface area contributed by atoms with Crippen LogP contribution in [0.4, 0.5) is 0 Å². The molecule has 1 N–H and O–H groups in total. The van der Waals surface area contributed by atoms with Crippen molar-refractivity contribution in [3.05, 3.63) is 44.1 Å². The molecule has 0 saturated heterocycles. The van der Waals surface area contributed by atoms with Crippen LogP contribution in [0.5, 0.6) is 11.5 Å². The number of benzene rings is 1. The van der Waals surface area contributed by atoms with Crippen molar-refractivity contribution in [2.75, 3.05) is 20.8 Å². The third-order valence-corrected chi connectivity index (χ3v) is 4.93. The van der Waals surface area contributed by atoms with Crippen LogP contribution in [0, 0.1) is 6.92 Å². The molecule has 0 aliphatic carbocycles. The molecule has 2 rings (SSSR count). The van der Waals surface area contributed by atoms with Crippen LogP contribution in [0.2, 0.25) is 0 Å². The molecule has 1 aromatic heterocycles. The maximum absolute atomic E-state index is 5.57. The Morgan fingerprint density at radius 3 is 2.38 bits per heavy atom. The highest BCUT2D eigenvalue weighted by Gasteiger charge is 2.21. The van der Waals surface area contributed by atoms with Gasteiger partial charge in [-0.05, 0) is 63.4 Å². The number of rotatable bonds is 6. The Morgan fingerprint density at radius 1 is 1.14 bits per heavy atom. The molecule has 0 aliphatic rings. The molecule has 0 amide bonds. The largest absolute Gasteiger partial charge is 0.496 e. The van der Waals surface area contributed by atoms with E-state index in [1.54, 1.807) is 25.6 Å². The molecule has 0 bridgehead atoms. The van der Waals surface area contributed by atoms with Gasteiger partial charge in [-0.25, -0.2) is 0 Å². The lowest BCUT2D eigenvalue weighted by atomic mass is 9.97. The van der Waals surface area contributed by atoms with E-state index in [1.165, 1.54) is 11.1 Å². The van der Waals surface area contributed by atoms with E-state index in [0.717, 1.165) is 28.1 Å². The van der Waals surface area contributed by atoms with E-state index in [4.69, 9.17) is 9.47 Å². The van der Waals surface area contributed by atoms with Gasteiger partial charge in [-0.15, -0.1) is 0 Å². The van der Waals surface area contributed by atoms with Crippen molar-refractivity contribution in [3.63, 3.8) is 0 Å². The van der Waals surface area contributed by atoms with Crippen LogP contribution < -0.4 is 14.8 Å². The average molecular weight is 370 g/mol. The molecule has 3 nitrogen and oxygen atoms in total. The molecular formula is C16H20BrNO2S. The summed E-state index contributed by atoms with van der Waals surface area (Å²) in [5.41, 5.74) is 3.65. The summed E-state index contributed by atoms with van der Waals surface area (Å²) in [6.45, 7) is 5.12. The maximum Gasteiger partial charge on any atom is 0.133 e. The van der Waals surface area contributed by atoms with Crippen LogP contribution in [0.3, 0.4) is 0 Å². The Hall–Kier alpha value is -1.04. The molecule has 1 aromatic carbocycles. The van der Waals surface area contributed by atoms with Crippen LogP contribution in [0.25, 0.3) is 0 Å².